The highest BCUT2D eigenvalue weighted by Gasteiger charge is 2.37. The largest absolute Gasteiger partial charge is 0.376 e. The summed E-state index contributed by atoms with van der Waals surface area (Å²) >= 11 is 0. The topological polar surface area (TPSA) is 89.4 Å². The Kier molecular flexibility index (Phi) is 7.03. The molecule has 0 bridgehead atoms. The highest BCUT2D eigenvalue weighted by atomic mass is 19.1. The van der Waals surface area contributed by atoms with E-state index in [0.717, 1.165) is 44.0 Å². The van der Waals surface area contributed by atoms with E-state index in [1.165, 1.54) is 15.6 Å². The van der Waals surface area contributed by atoms with Crippen molar-refractivity contribution in [2.75, 3.05) is 13.2 Å². The van der Waals surface area contributed by atoms with Crippen LogP contribution in [-0.2, 0) is 20.9 Å². The van der Waals surface area contributed by atoms with Crippen LogP contribution in [0.15, 0.2) is 48.5 Å². The van der Waals surface area contributed by atoms with Gasteiger partial charge in [-0.05, 0) is 43.9 Å². The average Bonchev–Trinajstić information content (AvgIpc) is 3.63. The number of nitrogens with one attached hydrogen (secondary N) is 1. The van der Waals surface area contributed by atoms with Crippen LogP contribution in [0.25, 0.3) is 11.0 Å². The molecule has 2 amide bonds. The van der Waals surface area contributed by atoms with Crippen molar-refractivity contribution in [3.8, 4) is 0 Å². The molecule has 1 saturated heterocycles. The van der Waals surface area contributed by atoms with E-state index in [2.05, 4.69) is 15.6 Å². The maximum Gasteiger partial charge on any atom is 0.247 e. The number of fused-ring (bicyclic) bond motifs is 1. The maximum absolute atomic E-state index is 15.1. The SMILES string of the molecule is O=C(NC1CCCC1)C(c1ccccc1F)N(CC1CCCO1)C(=O)Cn1nnc2ccccc21. The number of aromatic nitrogens is 3. The van der Waals surface area contributed by atoms with Gasteiger partial charge in [-0.2, -0.15) is 0 Å². The van der Waals surface area contributed by atoms with Gasteiger partial charge in [-0.1, -0.05) is 48.4 Å². The number of ether oxygens (including phenoxy) is 1. The van der Waals surface area contributed by atoms with Crippen LogP contribution >= 0.6 is 0 Å². The molecule has 0 spiro atoms. The quantitative estimate of drug-likeness (QED) is 0.535. The summed E-state index contributed by atoms with van der Waals surface area (Å²) in [6.45, 7) is 0.691. The Balaban J connectivity index is 1.49. The molecule has 3 aromatic rings. The number of halogens is 1. The third-order valence-corrected chi connectivity index (χ3v) is 6.91. The number of hydrogen-bond acceptors (Lipinski definition) is 5. The number of carbonyl (C=O) groups is 2. The van der Waals surface area contributed by atoms with Gasteiger partial charge in [0.25, 0.3) is 0 Å². The molecule has 2 heterocycles. The van der Waals surface area contributed by atoms with Crippen molar-refractivity contribution in [1.82, 2.24) is 25.2 Å². The lowest BCUT2D eigenvalue weighted by atomic mass is 10.0. The number of hydrogen-bond donors (Lipinski definition) is 1. The fourth-order valence-electron chi connectivity index (χ4n) is 5.11. The van der Waals surface area contributed by atoms with Crippen molar-refractivity contribution in [3.63, 3.8) is 0 Å². The lowest BCUT2D eigenvalue weighted by molar-refractivity contribution is -0.143. The van der Waals surface area contributed by atoms with E-state index in [-0.39, 0.29) is 42.6 Å². The molecule has 0 radical (unpaired) electrons. The number of para-hydroxylation sites is 1. The van der Waals surface area contributed by atoms with E-state index in [1.807, 2.05) is 24.3 Å². The minimum absolute atomic E-state index is 0.0377. The number of benzene rings is 2. The number of amides is 2. The van der Waals surface area contributed by atoms with Crippen LogP contribution < -0.4 is 5.32 Å². The molecular weight excluding hydrogens is 449 g/mol. The predicted octanol–water partition coefficient (Wildman–Crippen LogP) is 3.38. The standard InChI is InChI=1S/C26H30FN5O3/c27-21-12-4-3-11-20(21)25(26(34)28-18-8-1-2-9-18)31(16-19-10-7-15-35-19)24(33)17-32-23-14-6-5-13-22(23)29-30-32/h3-6,11-14,18-19,25H,1-2,7-10,15-17H2,(H,28,34). The van der Waals surface area contributed by atoms with Crippen LogP contribution in [0, 0.1) is 5.82 Å². The summed E-state index contributed by atoms with van der Waals surface area (Å²) in [4.78, 5) is 28.9. The van der Waals surface area contributed by atoms with Crippen molar-refractivity contribution in [2.45, 2.75) is 63.3 Å². The zero-order valence-corrected chi connectivity index (χ0v) is 19.6. The Morgan fingerprint density at radius 3 is 2.63 bits per heavy atom. The Bertz CT molecular complexity index is 1190. The Morgan fingerprint density at radius 2 is 1.86 bits per heavy atom. The third kappa shape index (κ3) is 5.19. The van der Waals surface area contributed by atoms with Crippen LogP contribution in [0.2, 0.25) is 0 Å². The van der Waals surface area contributed by atoms with Crippen molar-refractivity contribution < 1.29 is 18.7 Å². The van der Waals surface area contributed by atoms with Gasteiger partial charge in [-0.25, -0.2) is 9.07 Å². The lowest BCUT2D eigenvalue weighted by Gasteiger charge is -2.34. The van der Waals surface area contributed by atoms with Gasteiger partial charge >= 0.3 is 0 Å². The lowest BCUT2D eigenvalue weighted by Crippen LogP contribution is -2.49. The predicted molar refractivity (Wildman–Crippen MR) is 128 cm³/mol. The van der Waals surface area contributed by atoms with Crippen LogP contribution in [0.4, 0.5) is 4.39 Å². The first-order valence-electron chi connectivity index (χ1n) is 12.3. The second-order valence-electron chi connectivity index (χ2n) is 9.33. The minimum Gasteiger partial charge on any atom is -0.376 e. The number of nitrogens with zero attached hydrogens (tertiary/aromatic N) is 4. The summed E-state index contributed by atoms with van der Waals surface area (Å²) in [6, 6.07) is 12.5. The first-order chi connectivity index (χ1) is 17.1. The van der Waals surface area contributed by atoms with E-state index < -0.39 is 11.9 Å². The summed E-state index contributed by atoms with van der Waals surface area (Å²) in [5.41, 5.74) is 1.57. The molecule has 184 valence electrons. The second-order valence-corrected chi connectivity index (χ2v) is 9.33. The van der Waals surface area contributed by atoms with E-state index in [9.17, 15) is 9.59 Å². The minimum atomic E-state index is -1.11. The van der Waals surface area contributed by atoms with Crippen molar-refractivity contribution in [1.29, 1.82) is 0 Å². The zero-order valence-electron chi connectivity index (χ0n) is 19.6. The molecule has 2 aliphatic rings. The fourth-order valence-corrected chi connectivity index (χ4v) is 5.11. The van der Waals surface area contributed by atoms with Crippen LogP contribution in [0.3, 0.4) is 0 Å². The molecule has 5 rings (SSSR count). The molecule has 1 aliphatic carbocycles. The number of carbonyl (C=O) groups excluding carboxylic acids is 2. The van der Waals surface area contributed by atoms with Gasteiger partial charge in [0.2, 0.25) is 11.8 Å². The molecule has 1 N–H and O–H groups in total. The molecule has 1 saturated carbocycles. The van der Waals surface area contributed by atoms with E-state index in [1.54, 1.807) is 18.2 Å². The molecule has 35 heavy (non-hydrogen) atoms. The highest BCUT2D eigenvalue weighted by molar-refractivity contribution is 5.89. The van der Waals surface area contributed by atoms with Crippen molar-refractivity contribution in [2.24, 2.45) is 0 Å². The summed E-state index contributed by atoms with van der Waals surface area (Å²) < 4.78 is 22.4. The fraction of sp³-hybridized carbons (Fsp3) is 0.462. The molecule has 1 aromatic heterocycles. The summed E-state index contributed by atoms with van der Waals surface area (Å²) in [5, 5.41) is 11.4. The maximum atomic E-state index is 15.1. The van der Waals surface area contributed by atoms with Gasteiger partial charge in [0.15, 0.2) is 0 Å². The van der Waals surface area contributed by atoms with Gasteiger partial charge in [0.05, 0.1) is 11.6 Å². The van der Waals surface area contributed by atoms with Gasteiger partial charge < -0.3 is 15.0 Å². The molecule has 2 atom stereocenters. The normalized spacial score (nSPS) is 19.2. The van der Waals surface area contributed by atoms with E-state index in [0.29, 0.717) is 12.1 Å². The smallest absolute Gasteiger partial charge is 0.247 e. The second kappa shape index (κ2) is 10.5. The monoisotopic (exact) mass is 479 g/mol. The molecular formula is C26H30FN5O3. The first-order valence-corrected chi connectivity index (χ1v) is 12.3. The van der Waals surface area contributed by atoms with Gasteiger partial charge in [-0.15, -0.1) is 5.10 Å². The molecule has 2 unspecified atom stereocenters. The van der Waals surface area contributed by atoms with E-state index >= 15 is 4.39 Å². The van der Waals surface area contributed by atoms with Gasteiger partial charge in [0, 0.05) is 24.8 Å². The third-order valence-electron chi connectivity index (χ3n) is 6.91. The highest BCUT2D eigenvalue weighted by Crippen LogP contribution is 2.28. The molecule has 9 heteroatoms. The first kappa shape index (κ1) is 23.4. The van der Waals surface area contributed by atoms with Gasteiger partial charge in [0.1, 0.15) is 23.9 Å². The van der Waals surface area contributed by atoms with Crippen molar-refractivity contribution in [3.05, 3.63) is 59.9 Å². The van der Waals surface area contributed by atoms with Gasteiger partial charge in [-0.3, -0.25) is 9.59 Å². The van der Waals surface area contributed by atoms with Crippen LogP contribution in [-0.4, -0.2) is 57.0 Å². The molecule has 1 aliphatic heterocycles. The Hall–Kier alpha value is -3.33. The number of rotatable bonds is 8. The Morgan fingerprint density at radius 1 is 1.09 bits per heavy atom. The average molecular weight is 480 g/mol. The van der Waals surface area contributed by atoms with Crippen molar-refractivity contribution >= 4 is 22.8 Å². The zero-order chi connectivity index (χ0) is 24.2. The molecule has 2 aromatic carbocycles. The molecule has 2 fully saturated rings. The summed E-state index contributed by atoms with van der Waals surface area (Å²) in [6.07, 6.45) is 5.34. The Labute approximate surface area is 203 Å². The molecule has 8 nitrogen and oxygen atoms in total. The van der Waals surface area contributed by atoms with Crippen LogP contribution in [0.5, 0.6) is 0 Å². The summed E-state index contributed by atoms with van der Waals surface area (Å²) in [7, 11) is 0. The summed E-state index contributed by atoms with van der Waals surface area (Å²) in [5.74, 6) is -1.22. The van der Waals surface area contributed by atoms with E-state index in [4.69, 9.17) is 4.74 Å². The van der Waals surface area contributed by atoms with Crippen LogP contribution in [0.1, 0.15) is 50.1 Å².